The molecule has 0 aliphatic carbocycles. The van der Waals surface area contributed by atoms with Gasteiger partial charge < -0.3 is 9.64 Å². The summed E-state index contributed by atoms with van der Waals surface area (Å²) in [6.07, 6.45) is 5.45. The summed E-state index contributed by atoms with van der Waals surface area (Å²) in [5, 5.41) is 9.60. The zero-order valence-electron chi connectivity index (χ0n) is 13.8. The Hall–Kier alpha value is -2.00. The minimum Gasteiger partial charge on any atom is -0.367 e. The monoisotopic (exact) mass is 391 g/mol. The first-order valence-electron chi connectivity index (χ1n) is 7.69. The lowest BCUT2D eigenvalue weighted by atomic mass is 9.97. The summed E-state index contributed by atoms with van der Waals surface area (Å²) in [6.45, 7) is 4.16. The van der Waals surface area contributed by atoms with Crippen LogP contribution >= 0.6 is 15.9 Å². The summed E-state index contributed by atoms with van der Waals surface area (Å²) >= 11 is 3.53. The number of hydrogen-bond acceptors (Lipinski definition) is 6. The van der Waals surface area contributed by atoms with E-state index in [4.69, 9.17) is 4.74 Å². The Labute approximate surface area is 147 Å². The molecule has 1 atom stereocenters. The first-order valence-corrected chi connectivity index (χ1v) is 8.48. The molecule has 3 aromatic heterocycles. The van der Waals surface area contributed by atoms with E-state index in [0.29, 0.717) is 13.2 Å². The maximum Gasteiger partial charge on any atom is 0.164 e. The predicted octanol–water partition coefficient (Wildman–Crippen LogP) is 1.61. The highest BCUT2D eigenvalue weighted by Gasteiger charge is 2.36. The van der Waals surface area contributed by atoms with E-state index in [0.717, 1.165) is 33.6 Å². The summed E-state index contributed by atoms with van der Waals surface area (Å²) < 4.78 is 10.4. The van der Waals surface area contributed by atoms with E-state index in [1.807, 2.05) is 26.5 Å². The van der Waals surface area contributed by atoms with Crippen molar-refractivity contribution < 1.29 is 4.74 Å². The van der Waals surface area contributed by atoms with Crippen molar-refractivity contribution >= 4 is 32.8 Å². The first kappa shape index (κ1) is 15.5. The van der Waals surface area contributed by atoms with Crippen molar-refractivity contribution in [3.8, 4) is 0 Å². The maximum absolute atomic E-state index is 6.09. The van der Waals surface area contributed by atoms with Crippen molar-refractivity contribution in [1.82, 2.24) is 29.5 Å². The molecule has 8 nitrogen and oxygen atoms in total. The van der Waals surface area contributed by atoms with Crippen LogP contribution in [0.4, 0.5) is 5.82 Å². The zero-order valence-corrected chi connectivity index (χ0v) is 15.4. The Bertz CT molecular complexity index is 904. The van der Waals surface area contributed by atoms with Crippen LogP contribution in [0.3, 0.4) is 0 Å². The SMILES string of the molecule is Cn1cc(C2(C)CN(c3ncnc4c3c(Br)nn4C)CCO2)cn1. The Morgan fingerprint density at radius 3 is 2.88 bits per heavy atom. The molecule has 0 radical (unpaired) electrons. The third kappa shape index (κ3) is 2.39. The summed E-state index contributed by atoms with van der Waals surface area (Å²) in [6, 6.07) is 0. The van der Waals surface area contributed by atoms with Crippen LogP contribution in [0.5, 0.6) is 0 Å². The molecule has 0 aromatic carbocycles. The van der Waals surface area contributed by atoms with Gasteiger partial charge in [0.25, 0.3) is 0 Å². The molecule has 0 bridgehead atoms. The molecular weight excluding hydrogens is 374 g/mol. The van der Waals surface area contributed by atoms with Gasteiger partial charge in [-0.3, -0.25) is 4.68 Å². The van der Waals surface area contributed by atoms with Crippen LogP contribution in [0.1, 0.15) is 12.5 Å². The Morgan fingerprint density at radius 2 is 2.12 bits per heavy atom. The van der Waals surface area contributed by atoms with Crippen molar-refractivity contribution in [3.63, 3.8) is 0 Å². The fourth-order valence-electron chi connectivity index (χ4n) is 3.19. The van der Waals surface area contributed by atoms with Crippen LogP contribution in [0, 0.1) is 0 Å². The molecule has 1 saturated heterocycles. The summed E-state index contributed by atoms with van der Waals surface area (Å²) in [5.74, 6) is 0.874. The van der Waals surface area contributed by atoms with Crippen LogP contribution in [-0.4, -0.2) is 49.2 Å². The second-order valence-electron chi connectivity index (χ2n) is 6.21. The number of nitrogens with zero attached hydrogens (tertiary/aromatic N) is 7. The van der Waals surface area contributed by atoms with E-state index in [-0.39, 0.29) is 0 Å². The largest absolute Gasteiger partial charge is 0.367 e. The first-order chi connectivity index (χ1) is 11.5. The number of ether oxygens (including phenoxy) is 1. The molecule has 0 amide bonds. The predicted molar refractivity (Wildman–Crippen MR) is 92.7 cm³/mol. The number of aryl methyl sites for hydroxylation is 2. The van der Waals surface area contributed by atoms with Crippen molar-refractivity contribution in [1.29, 1.82) is 0 Å². The average Bonchev–Trinajstić information content (AvgIpc) is 3.12. The molecular formula is C15H18BrN7O. The van der Waals surface area contributed by atoms with E-state index < -0.39 is 5.60 Å². The van der Waals surface area contributed by atoms with Gasteiger partial charge in [-0.05, 0) is 22.9 Å². The molecule has 1 fully saturated rings. The number of aromatic nitrogens is 6. The van der Waals surface area contributed by atoms with E-state index in [2.05, 4.69) is 47.9 Å². The van der Waals surface area contributed by atoms with Crippen LogP contribution in [0.2, 0.25) is 0 Å². The van der Waals surface area contributed by atoms with Gasteiger partial charge in [-0.2, -0.15) is 10.2 Å². The lowest BCUT2D eigenvalue weighted by molar-refractivity contribution is -0.0467. The lowest BCUT2D eigenvalue weighted by Crippen LogP contribution is -2.48. The minimum atomic E-state index is -0.432. The number of fused-ring (bicyclic) bond motifs is 1. The quantitative estimate of drug-likeness (QED) is 0.660. The van der Waals surface area contributed by atoms with E-state index in [1.54, 1.807) is 15.7 Å². The fourth-order valence-corrected chi connectivity index (χ4v) is 3.78. The van der Waals surface area contributed by atoms with Gasteiger partial charge in [0.05, 0.1) is 24.7 Å². The number of rotatable bonds is 2. The third-order valence-electron chi connectivity index (χ3n) is 4.45. The van der Waals surface area contributed by atoms with Gasteiger partial charge in [-0.1, -0.05) is 0 Å². The van der Waals surface area contributed by atoms with E-state index >= 15 is 0 Å². The molecule has 3 aromatic rings. The number of halogens is 1. The van der Waals surface area contributed by atoms with Gasteiger partial charge in [0.15, 0.2) is 5.65 Å². The van der Waals surface area contributed by atoms with Crippen molar-refractivity contribution in [3.05, 3.63) is 28.9 Å². The van der Waals surface area contributed by atoms with Gasteiger partial charge in [-0.25, -0.2) is 14.6 Å². The topological polar surface area (TPSA) is 73.9 Å². The molecule has 126 valence electrons. The highest BCUT2D eigenvalue weighted by atomic mass is 79.9. The molecule has 4 rings (SSSR count). The highest BCUT2D eigenvalue weighted by Crippen LogP contribution is 2.35. The fraction of sp³-hybridized carbons (Fsp3) is 0.467. The molecule has 4 heterocycles. The van der Waals surface area contributed by atoms with Gasteiger partial charge in [0.2, 0.25) is 0 Å². The molecule has 24 heavy (non-hydrogen) atoms. The minimum absolute atomic E-state index is 0.432. The average molecular weight is 392 g/mol. The van der Waals surface area contributed by atoms with Gasteiger partial charge in [-0.15, -0.1) is 0 Å². The van der Waals surface area contributed by atoms with Crippen LogP contribution in [-0.2, 0) is 24.4 Å². The molecule has 0 N–H and O–H groups in total. The molecule has 1 unspecified atom stereocenters. The molecule has 9 heteroatoms. The normalized spacial score (nSPS) is 21.6. The summed E-state index contributed by atoms with van der Waals surface area (Å²) in [4.78, 5) is 11.1. The second kappa shape index (κ2) is 5.52. The Kier molecular flexibility index (Phi) is 3.57. The van der Waals surface area contributed by atoms with Crippen molar-refractivity contribution in [2.24, 2.45) is 14.1 Å². The Balaban J connectivity index is 1.75. The van der Waals surface area contributed by atoms with Crippen LogP contribution < -0.4 is 4.90 Å². The standard InChI is InChI=1S/C15H18BrN7O/c1-15(10-6-19-21(2)7-10)8-23(4-5-24-15)14-11-12(16)20-22(3)13(11)17-9-18-14/h6-7,9H,4-5,8H2,1-3H3. The maximum atomic E-state index is 6.09. The van der Waals surface area contributed by atoms with Crippen LogP contribution in [0.15, 0.2) is 23.3 Å². The van der Waals surface area contributed by atoms with Crippen molar-refractivity contribution in [2.75, 3.05) is 24.6 Å². The molecule has 0 saturated carbocycles. The smallest absolute Gasteiger partial charge is 0.164 e. The number of morpholine rings is 1. The third-order valence-corrected chi connectivity index (χ3v) is 5.00. The second-order valence-corrected chi connectivity index (χ2v) is 6.96. The van der Waals surface area contributed by atoms with Gasteiger partial charge >= 0.3 is 0 Å². The number of hydrogen-bond donors (Lipinski definition) is 0. The van der Waals surface area contributed by atoms with Crippen molar-refractivity contribution in [2.45, 2.75) is 12.5 Å². The Morgan fingerprint density at radius 1 is 1.29 bits per heavy atom. The summed E-state index contributed by atoms with van der Waals surface area (Å²) in [5.41, 5.74) is 1.44. The lowest BCUT2D eigenvalue weighted by Gasteiger charge is -2.40. The molecule has 1 aliphatic rings. The van der Waals surface area contributed by atoms with E-state index in [1.165, 1.54) is 0 Å². The number of anilines is 1. The summed E-state index contributed by atoms with van der Waals surface area (Å²) in [7, 11) is 3.79. The highest BCUT2D eigenvalue weighted by molar-refractivity contribution is 9.10. The van der Waals surface area contributed by atoms with E-state index in [9.17, 15) is 0 Å². The zero-order chi connectivity index (χ0) is 16.9. The van der Waals surface area contributed by atoms with Gasteiger partial charge in [0, 0.05) is 32.4 Å². The van der Waals surface area contributed by atoms with Gasteiger partial charge in [0.1, 0.15) is 22.3 Å². The molecule has 1 aliphatic heterocycles. The molecule has 0 spiro atoms. The van der Waals surface area contributed by atoms with Crippen LogP contribution in [0.25, 0.3) is 11.0 Å².